The van der Waals surface area contributed by atoms with E-state index in [0.29, 0.717) is 0 Å². The molecule has 0 aliphatic carbocycles. The Kier molecular flexibility index (Phi) is 11.9. The predicted molar refractivity (Wildman–Crippen MR) is 163 cm³/mol. The van der Waals surface area contributed by atoms with Crippen LogP contribution in [0.2, 0.25) is 6.55 Å². The van der Waals surface area contributed by atoms with Gasteiger partial charge in [-0.25, -0.2) is 12.1 Å². The molecule has 5 rings (SSSR count). The third-order valence-corrected chi connectivity index (χ3v) is 24.3. The van der Waals surface area contributed by atoms with Crippen molar-refractivity contribution in [3.8, 4) is 22.3 Å². The first-order valence-electron chi connectivity index (χ1n) is 12.4. The maximum Gasteiger partial charge on any atom is -0.0623 e. The second-order valence-electron chi connectivity index (χ2n) is 9.24. The molecule has 0 fully saturated rings. The van der Waals surface area contributed by atoms with Crippen LogP contribution in [0.4, 0.5) is 0 Å². The minimum Gasteiger partial charge on any atom is -0.203 e. The zero-order valence-electron chi connectivity index (χ0n) is 22.2. The summed E-state index contributed by atoms with van der Waals surface area (Å²) in [7, 11) is 11.9. The molecular formula is C33H34Cl2SiZr-2. The number of rotatable bonds is 3. The molecule has 0 saturated carbocycles. The molecule has 0 unspecified atom stereocenters. The molecular weight excluding hydrogens is 587 g/mol. The molecule has 0 amide bonds. The predicted octanol–water partition coefficient (Wildman–Crippen LogP) is 9.82. The van der Waals surface area contributed by atoms with Crippen molar-refractivity contribution in [2.24, 2.45) is 0 Å². The van der Waals surface area contributed by atoms with Crippen molar-refractivity contribution in [2.75, 3.05) is 0 Å². The normalized spacial score (nSPS) is 10.0. The molecule has 5 aromatic carbocycles. The van der Waals surface area contributed by atoms with E-state index >= 15 is 0 Å². The van der Waals surface area contributed by atoms with Crippen LogP contribution < -0.4 is 5.19 Å². The molecule has 0 bridgehead atoms. The summed E-state index contributed by atoms with van der Waals surface area (Å²) in [4.78, 5) is 0. The minimum atomic E-state index is -1.95. The van der Waals surface area contributed by atoms with E-state index in [-0.39, 0.29) is 0 Å². The molecule has 0 nitrogen and oxygen atoms in total. The Balaban J connectivity index is 0.000000155. The summed E-state index contributed by atoms with van der Waals surface area (Å²) in [5.74, 6) is 0. The maximum absolute atomic E-state index is 5.97. The molecule has 37 heavy (non-hydrogen) atoms. The van der Waals surface area contributed by atoms with E-state index in [2.05, 4.69) is 131 Å². The van der Waals surface area contributed by atoms with E-state index in [0.717, 1.165) is 0 Å². The van der Waals surface area contributed by atoms with Gasteiger partial charge in [-0.1, -0.05) is 99.5 Å². The number of halogens is 2. The first-order valence-corrected chi connectivity index (χ1v) is 24.4. The zero-order chi connectivity index (χ0) is 26.8. The van der Waals surface area contributed by atoms with Crippen molar-refractivity contribution in [1.29, 1.82) is 0 Å². The fourth-order valence-corrected chi connectivity index (χ4v) is 11.9. The van der Waals surface area contributed by atoms with E-state index < -0.39 is 23.4 Å². The molecule has 0 atom stereocenters. The summed E-state index contributed by atoms with van der Waals surface area (Å²) in [5, 5.41) is 1.37. The topological polar surface area (TPSA) is 0 Å². The average Bonchev–Trinajstić information content (AvgIpc) is 3.44. The van der Waals surface area contributed by atoms with Crippen molar-refractivity contribution >= 4 is 27.6 Å². The first kappa shape index (κ1) is 29.6. The number of aryl methyl sites for hydroxylation is 4. The van der Waals surface area contributed by atoms with E-state index in [4.69, 9.17) is 17.0 Å². The van der Waals surface area contributed by atoms with Gasteiger partial charge in [0, 0.05) is 0 Å². The van der Waals surface area contributed by atoms with Crippen LogP contribution in [0.25, 0.3) is 22.3 Å². The van der Waals surface area contributed by atoms with Crippen LogP contribution in [0.15, 0.2) is 115 Å². The Morgan fingerprint density at radius 2 is 0.919 bits per heavy atom. The molecule has 190 valence electrons. The third kappa shape index (κ3) is 9.08. The summed E-state index contributed by atoms with van der Waals surface area (Å²) in [5.41, 5.74) is 10.2. The standard InChI is InChI=1S/2C13H13.C7H8Si.2ClH.Zr/c2*1-10-8-11(2)13(9-10)12-6-4-3-5-7-12;1-8-7-5-3-2-4-6-7;;;/h2*3-9H,1-2H3;2-6H,1H3;2*1H;/q2*-1;;;;+2/p-2. The van der Waals surface area contributed by atoms with Gasteiger partial charge in [0.15, 0.2) is 0 Å². The minimum absolute atomic E-state index is 0.557. The second kappa shape index (κ2) is 14.8. The summed E-state index contributed by atoms with van der Waals surface area (Å²) < 4.78 is 0. The first-order chi connectivity index (χ1) is 17.8. The number of hydrogen-bond acceptors (Lipinski definition) is 0. The van der Waals surface area contributed by atoms with Gasteiger partial charge in [-0.05, 0) is 0 Å². The molecule has 4 heteroatoms. The van der Waals surface area contributed by atoms with Crippen molar-refractivity contribution < 1.29 is 18.0 Å². The quantitative estimate of drug-likeness (QED) is 0.139. The molecule has 0 aromatic heterocycles. The molecule has 0 aliphatic rings. The Hall–Kier alpha value is -1.96. The van der Waals surface area contributed by atoms with Gasteiger partial charge < -0.3 is 0 Å². The van der Waals surface area contributed by atoms with Crippen molar-refractivity contribution in [3.05, 3.63) is 138 Å². The summed E-state index contributed by atoms with van der Waals surface area (Å²) in [6, 6.07) is 40.3. The van der Waals surface area contributed by atoms with Crippen LogP contribution in [0.1, 0.15) is 22.3 Å². The fourth-order valence-electron chi connectivity index (χ4n) is 4.26. The van der Waals surface area contributed by atoms with E-state index in [1.54, 1.807) is 0 Å². The maximum atomic E-state index is 5.97. The summed E-state index contributed by atoms with van der Waals surface area (Å²) in [6.45, 7) is 10.8. The van der Waals surface area contributed by atoms with Crippen LogP contribution in [-0.4, -0.2) is 5.43 Å². The SMILES string of the molecule is C[Si](c1ccccc1)=[Zr]([Cl])[Cl].Cc1cc(-c2ccccc2)c(C)[cH-]1.Cc1cc(-c2ccccc2)c(C)[cH-]1. The van der Waals surface area contributed by atoms with Crippen molar-refractivity contribution in [3.63, 3.8) is 0 Å². The Labute approximate surface area is 238 Å². The monoisotopic (exact) mass is 618 g/mol. The molecule has 0 saturated heterocycles. The van der Waals surface area contributed by atoms with Gasteiger partial charge in [-0.15, -0.1) is 0 Å². The van der Waals surface area contributed by atoms with Gasteiger partial charge >= 0.3 is 82.5 Å². The van der Waals surface area contributed by atoms with Crippen molar-refractivity contribution in [2.45, 2.75) is 34.2 Å². The van der Waals surface area contributed by atoms with Crippen LogP contribution in [-0.2, 0) is 18.0 Å². The Morgan fingerprint density at radius 3 is 1.22 bits per heavy atom. The van der Waals surface area contributed by atoms with Gasteiger partial charge in [0.2, 0.25) is 0 Å². The van der Waals surface area contributed by atoms with Gasteiger partial charge in [0.25, 0.3) is 0 Å². The van der Waals surface area contributed by atoms with Crippen molar-refractivity contribution in [1.82, 2.24) is 0 Å². The van der Waals surface area contributed by atoms with E-state index in [1.807, 2.05) is 18.2 Å². The van der Waals surface area contributed by atoms with Crippen LogP contribution in [0, 0.1) is 27.7 Å². The fraction of sp³-hybridized carbons (Fsp3) is 0.152. The Morgan fingerprint density at radius 1 is 0.568 bits per heavy atom. The molecule has 0 radical (unpaired) electrons. The molecule has 5 aromatic rings. The molecule has 0 aliphatic heterocycles. The van der Waals surface area contributed by atoms with Gasteiger partial charge in [0.1, 0.15) is 0 Å². The molecule has 0 heterocycles. The van der Waals surface area contributed by atoms with Gasteiger partial charge in [0.05, 0.1) is 0 Å². The second-order valence-corrected chi connectivity index (χ2v) is 30.2. The summed E-state index contributed by atoms with van der Waals surface area (Å²) in [6.07, 6.45) is 0. The number of benzene rings is 3. The van der Waals surface area contributed by atoms with E-state index in [9.17, 15) is 0 Å². The van der Waals surface area contributed by atoms with Gasteiger partial charge in [-0.2, -0.15) is 45.5 Å². The Bertz CT molecular complexity index is 1330. The zero-order valence-corrected chi connectivity index (χ0v) is 27.2. The summed E-state index contributed by atoms with van der Waals surface area (Å²) >= 11 is -1.95. The third-order valence-electron chi connectivity index (χ3n) is 6.14. The van der Waals surface area contributed by atoms with Crippen LogP contribution in [0.3, 0.4) is 0 Å². The van der Waals surface area contributed by atoms with Crippen LogP contribution in [0.5, 0.6) is 0 Å². The smallest absolute Gasteiger partial charge is 0.0623 e. The van der Waals surface area contributed by atoms with Gasteiger partial charge in [-0.3, -0.25) is 0 Å². The number of hydrogen-bond donors (Lipinski definition) is 0. The van der Waals surface area contributed by atoms with E-state index in [1.165, 1.54) is 49.7 Å². The molecule has 0 spiro atoms. The molecule has 0 N–H and O–H groups in total. The van der Waals surface area contributed by atoms with Crippen LogP contribution >= 0.6 is 17.0 Å². The largest absolute Gasteiger partial charge is 0.203 e. The average molecular weight is 621 g/mol.